The summed E-state index contributed by atoms with van der Waals surface area (Å²) in [6.45, 7) is 3.51. The van der Waals surface area contributed by atoms with E-state index in [1.807, 2.05) is 0 Å². The first-order chi connectivity index (χ1) is 14.2. The number of hydrogen-bond acceptors (Lipinski definition) is 4. The number of aryl methyl sites for hydroxylation is 2. The number of nitrogens with zero attached hydrogens (tertiary/aromatic N) is 3. The summed E-state index contributed by atoms with van der Waals surface area (Å²) in [5.41, 5.74) is 2.24. The van der Waals surface area contributed by atoms with Gasteiger partial charge in [0.15, 0.2) is 5.82 Å². The summed E-state index contributed by atoms with van der Waals surface area (Å²) in [6.07, 6.45) is 0.750. The van der Waals surface area contributed by atoms with Gasteiger partial charge in [0.05, 0.1) is 11.3 Å². The van der Waals surface area contributed by atoms with Crippen molar-refractivity contribution >= 4 is 23.8 Å². The number of halogens is 4. The second-order valence-corrected chi connectivity index (χ2v) is 6.80. The van der Waals surface area contributed by atoms with Gasteiger partial charge in [-0.2, -0.15) is 17.9 Å². The minimum Gasteiger partial charge on any atom is -0.326 e. The van der Waals surface area contributed by atoms with Gasteiger partial charge in [0.2, 0.25) is 0 Å². The monoisotopic (exact) mass is 417 g/mol. The quantitative estimate of drug-likeness (QED) is 0.707. The number of benzene rings is 1. The molecule has 0 saturated heterocycles. The van der Waals surface area contributed by atoms with Crippen LogP contribution in [-0.2, 0) is 4.79 Å². The Bertz CT molecular complexity index is 1260. The first kappa shape index (κ1) is 19.8. The van der Waals surface area contributed by atoms with Crippen molar-refractivity contribution in [2.45, 2.75) is 26.4 Å². The van der Waals surface area contributed by atoms with E-state index in [0.717, 1.165) is 0 Å². The fraction of sp³-hybridized carbons (Fsp3) is 0.190. The molecule has 0 fully saturated rings. The van der Waals surface area contributed by atoms with Crippen LogP contribution in [0.3, 0.4) is 0 Å². The molecule has 2 aromatic rings. The Morgan fingerprint density at radius 3 is 2.53 bits per heavy atom. The van der Waals surface area contributed by atoms with Crippen LogP contribution in [0.5, 0.6) is 0 Å². The molecule has 0 amide bonds. The third kappa shape index (κ3) is 3.26. The highest BCUT2D eigenvalue weighted by atomic mass is 19.4. The zero-order chi connectivity index (χ0) is 21.6. The number of hydrogen-bond donors (Lipinski definition) is 0. The second-order valence-electron chi connectivity index (χ2n) is 6.80. The molecule has 1 aromatic carbocycles. The molecule has 4 rings (SSSR count). The highest BCUT2D eigenvalue weighted by Crippen LogP contribution is 2.29. The number of carbonyl (C=O) groups excluding carboxylic acids is 1. The van der Waals surface area contributed by atoms with Gasteiger partial charge >= 0.3 is 12.1 Å². The highest BCUT2D eigenvalue weighted by Gasteiger charge is 2.42. The van der Waals surface area contributed by atoms with Gasteiger partial charge in [-0.05, 0) is 43.5 Å². The summed E-state index contributed by atoms with van der Waals surface area (Å²) in [6, 6.07) is 5.29. The topological polar surface area (TPSA) is 56.5 Å². The maximum absolute atomic E-state index is 14.7. The fourth-order valence-corrected chi connectivity index (χ4v) is 3.44. The first-order valence-corrected chi connectivity index (χ1v) is 8.98. The smallest absolute Gasteiger partial charge is 0.326 e. The minimum absolute atomic E-state index is 0.0159. The van der Waals surface area contributed by atoms with Crippen molar-refractivity contribution in [1.82, 2.24) is 9.71 Å². The predicted octanol–water partition coefficient (Wildman–Crippen LogP) is 2.84. The van der Waals surface area contributed by atoms with Gasteiger partial charge in [0, 0.05) is 11.8 Å². The van der Waals surface area contributed by atoms with Crippen LogP contribution < -0.4 is 15.5 Å². The fourth-order valence-electron chi connectivity index (χ4n) is 3.44. The van der Waals surface area contributed by atoms with Crippen LogP contribution >= 0.6 is 0 Å². The molecule has 1 aromatic heterocycles. The lowest BCUT2D eigenvalue weighted by Crippen LogP contribution is -2.41. The van der Waals surface area contributed by atoms with E-state index in [4.69, 9.17) is 4.84 Å². The van der Waals surface area contributed by atoms with Crippen molar-refractivity contribution in [3.63, 3.8) is 0 Å². The number of imidazole rings is 1. The van der Waals surface area contributed by atoms with Crippen LogP contribution in [0.2, 0.25) is 0 Å². The number of rotatable bonds is 2. The molecule has 0 saturated carbocycles. The summed E-state index contributed by atoms with van der Waals surface area (Å²) in [5, 5.41) is 0.0256. The molecule has 9 heteroatoms. The van der Waals surface area contributed by atoms with E-state index in [1.165, 1.54) is 18.4 Å². The first-order valence-electron chi connectivity index (χ1n) is 8.98. The van der Waals surface area contributed by atoms with E-state index >= 15 is 0 Å². The van der Waals surface area contributed by atoms with Gasteiger partial charge in [-0.3, -0.25) is 4.99 Å². The Morgan fingerprint density at radius 1 is 1.17 bits per heavy atom. The third-order valence-corrected chi connectivity index (χ3v) is 4.77. The molecule has 30 heavy (non-hydrogen) atoms. The molecule has 154 valence electrons. The van der Waals surface area contributed by atoms with Gasteiger partial charge in [-0.25, -0.2) is 14.2 Å². The van der Waals surface area contributed by atoms with Crippen molar-refractivity contribution in [2.24, 2.45) is 4.99 Å². The lowest BCUT2D eigenvalue weighted by molar-refractivity contribution is -0.200. The Morgan fingerprint density at radius 2 is 1.87 bits per heavy atom. The molecule has 1 aliphatic heterocycles. The number of allylic oxidation sites excluding steroid dienone is 3. The Kier molecular flexibility index (Phi) is 4.68. The van der Waals surface area contributed by atoms with E-state index in [0.29, 0.717) is 33.5 Å². The normalized spacial score (nSPS) is 15.5. The summed E-state index contributed by atoms with van der Waals surface area (Å²) in [4.78, 5) is 24.9. The third-order valence-electron chi connectivity index (χ3n) is 4.77. The molecular formula is C21H15F4N3O2. The van der Waals surface area contributed by atoms with Crippen molar-refractivity contribution in [2.75, 3.05) is 0 Å². The Labute approximate surface area is 168 Å². The molecule has 1 aliphatic carbocycles. The largest absolute Gasteiger partial charge is 0.493 e. The molecule has 0 unspecified atom stereocenters. The van der Waals surface area contributed by atoms with Crippen LogP contribution in [0, 0.1) is 13.8 Å². The van der Waals surface area contributed by atoms with Crippen LogP contribution in [0.25, 0.3) is 23.0 Å². The van der Waals surface area contributed by atoms with Crippen LogP contribution in [0.4, 0.5) is 17.6 Å². The SMILES string of the molecule is Cc1cccc(C)c1-c1nc2c(n1OC(=O)C(F)(F)F)=CC=NC1=CCC=C(F)C=21. The molecule has 2 heterocycles. The Balaban J connectivity index is 2.10. The van der Waals surface area contributed by atoms with Gasteiger partial charge in [0.25, 0.3) is 0 Å². The van der Waals surface area contributed by atoms with Crippen LogP contribution in [0.15, 0.2) is 46.9 Å². The highest BCUT2D eigenvalue weighted by molar-refractivity contribution is 5.95. The van der Waals surface area contributed by atoms with Crippen molar-refractivity contribution in [1.29, 1.82) is 0 Å². The molecule has 0 atom stereocenters. The Hall–Kier alpha value is -3.49. The maximum atomic E-state index is 14.7. The van der Waals surface area contributed by atoms with Gasteiger partial charge in [0.1, 0.15) is 16.5 Å². The number of carbonyl (C=O) groups is 1. The number of aliphatic imine (C=N–C) groups is 1. The van der Waals surface area contributed by atoms with E-state index in [1.54, 1.807) is 38.1 Å². The molecular weight excluding hydrogens is 402 g/mol. The van der Waals surface area contributed by atoms with Gasteiger partial charge in [-0.15, -0.1) is 0 Å². The van der Waals surface area contributed by atoms with Gasteiger partial charge < -0.3 is 4.84 Å². The zero-order valence-corrected chi connectivity index (χ0v) is 15.9. The standard InChI is InChI=1S/C21H15F4N3O2/c1-11-5-3-6-12(2)16(11)19-27-18-15(28(19)30-20(29)21(23,24)25)9-10-26-14-8-4-7-13(22)17(14)18/h3,5-10H,4H2,1-2H3. The maximum Gasteiger partial charge on any atom is 0.493 e. The average Bonchev–Trinajstić information content (AvgIpc) is 2.88. The molecule has 0 radical (unpaired) electrons. The van der Waals surface area contributed by atoms with Crippen molar-refractivity contribution in [3.05, 3.63) is 63.7 Å². The minimum atomic E-state index is -5.22. The molecule has 0 spiro atoms. The second kappa shape index (κ2) is 7.08. The van der Waals surface area contributed by atoms with Crippen LogP contribution in [0.1, 0.15) is 17.5 Å². The van der Waals surface area contributed by atoms with Crippen molar-refractivity contribution < 1.29 is 27.2 Å². The summed E-state index contributed by atoms with van der Waals surface area (Å²) in [7, 11) is 0. The van der Waals surface area contributed by atoms with Gasteiger partial charge in [-0.1, -0.05) is 24.3 Å². The summed E-state index contributed by atoms with van der Waals surface area (Å²) >= 11 is 0. The number of aromatic nitrogens is 2. The molecule has 0 bridgehead atoms. The lowest BCUT2D eigenvalue weighted by Gasteiger charge is -2.13. The lowest BCUT2D eigenvalue weighted by atomic mass is 10.0. The zero-order valence-electron chi connectivity index (χ0n) is 15.9. The van der Waals surface area contributed by atoms with E-state index in [9.17, 15) is 22.4 Å². The summed E-state index contributed by atoms with van der Waals surface area (Å²) in [5.74, 6) is -3.05. The van der Waals surface area contributed by atoms with E-state index in [2.05, 4.69) is 9.98 Å². The van der Waals surface area contributed by atoms with Crippen molar-refractivity contribution in [3.8, 4) is 11.4 Å². The van der Waals surface area contributed by atoms with Crippen LogP contribution in [-0.4, -0.2) is 28.1 Å². The average molecular weight is 417 g/mol. The van der Waals surface area contributed by atoms with E-state index < -0.39 is 18.0 Å². The molecule has 5 nitrogen and oxygen atoms in total. The predicted molar refractivity (Wildman–Crippen MR) is 102 cm³/mol. The summed E-state index contributed by atoms with van der Waals surface area (Å²) < 4.78 is 54.2. The van der Waals surface area contributed by atoms with E-state index in [-0.39, 0.29) is 22.1 Å². The molecule has 2 aliphatic rings. The number of fused-ring (bicyclic) bond motifs is 2. The molecule has 0 N–H and O–H groups in total. The number of alkyl halides is 3.